The largest absolute Gasteiger partial charge is 0.512 e. The van der Waals surface area contributed by atoms with Crippen LogP contribution in [-0.4, -0.2) is 65.3 Å². The van der Waals surface area contributed by atoms with Gasteiger partial charge in [0.15, 0.2) is 5.82 Å². The molecule has 2 heterocycles. The first-order valence-corrected chi connectivity index (χ1v) is 12.3. The number of aliphatic hydroxyl groups is 2. The number of aromatic nitrogens is 2. The number of benzene rings is 1. The van der Waals surface area contributed by atoms with Crippen molar-refractivity contribution < 1.29 is 14.9 Å². The summed E-state index contributed by atoms with van der Waals surface area (Å²) in [5.41, 5.74) is 2.24. The lowest BCUT2D eigenvalue weighted by Crippen LogP contribution is -2.34. The number of nitrogens with one attached hydrogen (secondary N) is 2. The third-order valence-electron chi connectivity index (χ3n) is 6.13. The van der Waals surface area contributed by atoms with Crippen LogP contribution in [0.25, 0.3) is 17.0 Å². The summed E-state index contributed by atoms with van der Waals surface area (Å²) in [5, 5.41) is 41.3. The minimum Gasteiger partial charge on any atom is -0.512 e. The molecule has 1 aliphatic heterocycles. The van der Waals surface area contributed by atoms with Gasteiger partial charge in [-0.25, -0.2) is 9.97 Å². The number of ether oxygens (including phenoxy) is 1. The highest BCUT2D eigenvalue weighted by molar-refractivity contribution is 6.33. The number of anilines is 1. The van der Waals surface area contributed by atoms with Crippen LogP contribution in [0.15, 0.2) is 24.0 Å². The molecule has 1 atom stereocenters. The number of allylic oxidation sites excluding steroid dienone is 2. The summed E-state index contributed by atoms with van der Waals surface area (Å²) in [6.45, 7) is 6.84. The molecule has 0 aliphatic carbocycles. The highest BCUT2D eigenvalue weighted by Gasteiger charge is 2.26. The van der Waals surface area contributed by atoms with Crippen molar-refractivity contribution in [2.45, 2.75) is 39.7 Å². The first-order valence-electron chi connectivity index (χ1n) is 11.9. The predicted molar refractivity (Wildman–Crippen MR) is 142 cm³/mol. The van der Waals surface area contributed by atoms with Crippen molar-refractivity contribution in [3.63, 3.8) is 0 Å². The second-order valence-corrected chi connectivity index (χ2v) is 9.39. The highest BCUT2D eigenvalue weighted by atomic mass is 35.5. The Hall–Kier alpha value is -3.19. The highest BCUT2D eigenvalue weighted by Crippen LogP contribution is 2.35. The number of likely N-dealkylation sites (N-methyl/N-ethyl adjacent to an activating group) is 1. The Morgan fingerprint density at radius 2 is 2.03 bits per heavy atom. The van der Waals surface area contributed by atoms with Gasteiger partial charge in [-0.05, 0) is 58.9 Å². The average molecular weight is 513 g/mol. The molecule has 0 unspecified atom stereocenters. The van der Waals surface area contributed by atoms with Crippen LogP contribution in [0.3, 0.4) is 0 Å². The van der Waals surface area contributed by atoms with E-state index in [0.717, 1.165) is 18.4 Å². The third-order valence-corrected chi connectivity index (χ3v) is 6.46. The molecule has 0 amide bonds. The van der Waals surface area contributed by atoms with Gasteiger partial charge in [-0.2, -0.15) is 5.26 Å². The van der Waals surface area contributed by atoms with E-state index in [2.05, 4.69) is 16.3 Å². The van der Waals surface area contributed by atoms with E-state index in [1.165, 1.54) is 6.92 Å². The van der Waals surface area contributed by atoms with Gasteiger partial charge < -0.3 is 30.6 Å². The van der Waals surface area contributed by atoms with E-state index in [0.29, 0.717) is 58.9 Å². The van der Waals surface area contributed by atoms with Gasteiger partial charge in [0.1, 0.15) is 30.0 Å². The van der Waals surface area contributed by atoms with Crippen LogP contribution in [0.2, 0.25) is 5.02 Å². The van der Waals surface area contributed by atoms with Gasteiger partial charge in [0.25, 0.3) is 0 Å². The van der Waals surface area contributed by atoms with E-state index in [9.17, 15) is 15.5 Å². The Morgan fingerprint density at radius 1 is 1.33 bits per heavy atom. The van der Waals surface area contributed by atoms with E-state index >= 15 is 0 Å². The number of aliphatic hydroxyl groups excluding tert-OH is 2. The fourth-order valence-corrected chi connectivity index (χ4v) is 4.47. The summed E-state index contributed by atoms with van der Waals surface area (Å²) < 4.78 is 5.76. The molecule has 192 valence electrons. The smallest absolute Gasteiger partial charge is 0.163 e. The van der Waals surface area contributed by atoms with Crippen LogP contribution in [0, 0.1) is 29.6 Å². The SMILES string of the molecule is CNC[C@@H](O)COc1ccc(Cl)c(-c2nc(/C(C(C)=N)=C(\C)O)c(C)c(N3CCC(C#N)CC3)n2)c1. The molecule has 2 aromatic rings. The Balaban J connectivity index is 2.11. The average Bonchev–Trinajstić information content (AvgIpc) is 2.84. The van der Waals surface area contributed by atoms with Gasteiger partial charge in [0, 0.05) is 42.4 Å². The normalized spacial score (nSPS) is 15.8. The van der Waals surface area contributed by atoms with Gasteiger partial charge >= 0.3 is 0 Å². The van der Waals surface area contributed by atoms with E-state index in [1.54, 1.807) is 32.2 Å². The van der Waals surface area contributed by atoms with Crippen LogP contribution in [0.5, 0.6) is 5.75 Å². The summed E-state index contributed by atoms with van der Waals surface area (Å²) in [6.07, 6.45) is 0.791. The van der Waals surface area contributed by atoms with Crippen molar-refractivity contribution in [1.82, 2.24) is 15.3 Å². The monoisotopic (exact) mass is 512 g/mol. The molecular weight excluding hydrogens is 480 g/mol. The van der Waals surface area contributed by atoms with Crippen molar-refractivity contribution in [3.8, 4) is 23.2 Å². The van der Waals surface area contributed by atoms with E-state index < -0.39 is 6.10 Å². The van der Waals surface area contributed by atoms with Crippen LogP contribution < -0.4 is 15.0 Å². The van der Waals surface area contributed by atoms with Crippen LogP contribution in [-0.2, 0) is 0 Å². The molecule has 0 saturated carbocycles. The lowest BCUT2D eigenvalue weighted by Gasteiger charge is -2.32. The molecule has 1 saturated heterocycles. The summed E-state index contributed by atoms with van der Waals surface area (Å²) >= 11 is 6.57. The Morgan fingerprint density at radius 3 is 2.61 bits per heavy atom. The van der Waals surface area contributed by atoms with Crippen LogP contribution >= 0.6 is 11.6 Å². The molecular formula is C26H33ClN6O3. The molecule has 36 heavy (non-hydrogen) atoms. The van der Waals surface area contributed by atoms with Crippen molar-refractivity contribution in [2.24, 2.45) is 5.92 Å². The lowest BCUT2D eigenvalue weighted by molar-refractivity contribution is 0.108. The van der Waals surface area contributed by atoms with Crippen molar-refractivity contribution in [2.75, 3.05) is 38.2 Å². The predicted octanol–water partition coefficient (Wildman–Crippen LogP) is 4.13. The number of hydrogen-bond donors (Lipinski definition) is 4. The van der Waals surface area contributed by atoms with Gasteiger partial charge in [-0.3, -0.25) is 0 Å². The maximum Gasteiger partial charge on any atom is 0.163 e. The van der Waals surface area contributed by atoms with Gasteiger partial charge in [0.2, 0.25) is 0 Å². The Bertz CT molecular complexity index is 1180. The number of rotatable bonds is 9. The zero-order valence-corrected chi connectivity index (χ0v) is 21.9. The first kappa shape index (κ1) is 27.4. The zero-order valence-electron chi connectivity index (χ0n) is 21.1. The first-order chi connectivity index (χ1) is 17.2. The minimum absolute atomic E-state index is 0.00825. The zero-order chi connectivity index (χ0) is 26.4. The second-order valence-electron chi connectivity index (χ2n) is 8.98. The van der Waals surface area contributed by atoms with Gasteiger partial charge in [-0.1, -0.05) is 11.6 Å². The summed E-state index contributed by atoms with van der Waals surface area (Å²) in [6, 6.07) is 7.47. The Labute approximate surface area is 216 Å². The molecule has 0 bridgehead atoms. The fraction of sp³-hybridized carbons (Fsp3) is 0.462. The number of halogens is 1. The van der Waals surface area contributed by atoms with E-state index in [4.69, 9.17) is 31.7 Å². The van der Waals surface area contributed by atoms with E-state index in [1.807, 2.05) is 6.92 Å². The van der Waals surface area contributed by atoms with Crippen molar-refractivity contribution in [1.29, 1.82) is 10.7 Å². The van der Waals surface area contributed by atoms with Gasteiger partial charge in [-0.15, -0.1) is 0 Å². The molecule has 1 aromatic carbocycles. The number of piperidine rings is 1. The summed E-state index contributed by atoms with van der Waals surface area (Å²) in [7, 11) is 1.75. The van der Waals surface area contributed by atoms with Crippen LogP contribution in [0.1, 0.15) is 37.9 Å². The molecule has 0 spiro atoms. The lowest BCUT2D eigenvalue weighted by atomic mass is 9.97. The van der Waals surface area contributed by atoms with Crippen molar-refractivity contribution >= 4 is 28.7 Å². The Kier molecular flexibility index (Phi) is 9.26. The van der Waals surface area contributed by atoms with E-state index in [-0.39, 0.29) is 24.0 Å². The number of hydrogen-bond acceptors (Lipinski definition) is 9. The minimum atomic E-state index is -0.671. The molecule has 10 heteroatoms. The summed E-state index contributed by atoms with van der Waals surface area (Å²) in [4.78, 5) is 11.7. The molecule has 1 aliphatic rings. The fourth-order valence-electron chi connectivity index (χ4n) is 4.27. The molecule has 1 fully saturated rings. The number of nitrogens with zero attached hydrogens (tertiary/aromatic N) is 4. The maximum atomic E-state index is 10.4. The molecule has 3 rings (SSSR count). The maximum absolute atomic E-state index is 10.4. The van der Waals surface area contributed by atoms with Crippen LogP contribution in [0.4, 0.5) is 5.82 Å². The second kappa shape index (κ2) is 12.2. The molecule has 1 aromatic heterocycles. The topological polar surface area (TPSA) is 138 Å². The van der Waals surface area contributed by atoms with Gasteiger partial charge in [0.05, 0.1) is 22.4 Å². The summed E-state index contributed by atoms with van der Waals surface area (Å²) in [5.74, 6) is 1.52. The molecule has 4 N–H and O–H groups in total. The molecule has 9 nitrogen and oxygen atoms in total. The van der Waals surface area contributed by atoms with Crippen molar-refractivity contribution in [3.05, 3.63) is 40.2 Å². The molecule has 0 radical (unpaired) electrons. The number of nitriles is 1. The quantitative estimate of drug-likeness (QED) is 0.290. The standard InChI is InChI=1S/C26H33ClN6O3/c1-15-24(23(16(2)29)17(3)34)31-25(32-26(15)33-9-7-18(12-28)8-10-33)21-11-20(5-6-22(21)27)36-14-19(35)13-30-4/h5-6,11,18-19,29-30,34-35H,7-10,13-14H2,1-4H3/b23-17+,29-16?/t19-/m1/s1. The third kappa shape index (κ3) is 6.32.